The van der Waals surface area contributed by atoms with Gasteiger partial charge >= 0.3 is 0 Å². The van der Waals surface area contributed by atoms with Crippen LogP contribution in [0.5, 0.6) is 0 Å². The van der Waals surface area contributed by atoms with Crippen LogP contribution in [-0.4, -0.2) is 25.3 Å². The maximum absolute atomic E-state index is 5.53. The molecule has 1 aliphatic rings. The third kappa shape index (κ3) is 4.52. The molecule has 1 saturated carbocycles. The van der Waals surface area contributed by atoms with Gasteiger partial charge in [0, 0.05) is 12.6 Å². The van der Waals surface area contributed by atoms with E-state index in [-0.39, 0.29) is 0 Å². The summed E-state index contributed by atoms with van der Waals surface area (Å²) in [7, 11) is 0. The zero-order chi connectivity index (χ0) is 8.81. The van der Waals surface area contributed by atoms with Gasteiger partial charge in [-0.2, -0.15) is 0 Å². The Morgan fingerprint density at radius 1 is 1.67 bits per heavy atom. The van der Waals surface area contributed by atoms with Gasteiger partial charge in [0.2, 0.25) is 0 Å². The lowest BCUT2D eigenvalue weighted by molar-refractivity contribution is 0.0691. The molecule has 0 amide bonds. The first-order chi connectivity index (χ1) is 5.83. The summed E-state index contributed by atoms with van der Waals surface area (Å²) >= 11 is 0. The highest BCUT2D eigenvalue weighted by atomic mass is 16.5. The molecule has 0 aromatic rings. The molecule has 12 heavy (non-hydrogen) atoms. The molecule has 2 heteroatoms. The second-order valence-corrected chi connectivity index (χ2v) is 3.44. The Morgan fingerprint density at radius 3 is 3.00 bits per heavy atom. The number of nitrogens with one attached hydrogen (secondary N) is 1. The molecule has 1 unspecified atom stereocenters. The summed E-state index contributed by atoms with van der Waals surface area (Å²) in [6.45, 7) is 7.55. The van der Waals surface area contributed by atoms with E-state index in [1.165, 1.54) is 12.8 Å². The fraction of sp³-hybridized carbons (Fsp3) is 0.800. The minimum absolute atomic E-state index is 0.338. The highest BCUT2D eigenvalue weighted by Gasteiger charge is 2.20. The molecular weight excluding hydrogens is 150 g/mol. The molecule has 1 N–H and O–H groups in total. The van der Waals surface area contributed by atoms with Crippen LogP contribution < -0.4 is 5.32 Å². The maximum atomic E-state index is 5.53. The van der Waals surface area contributed by atoms with Crippen LogP contribution in [0.4, 0.5) is 0 Å². The number of ether oxygens (including phenoxy) is 1. The lowest BCUT2D eigenvalue weighted by Crippen LogP contribution is -2.28. The van der Waals surface area contributed by atoms with Crippen LogP contribution in [0.15, 0.2) is 12.7 Å². The Hall–Kier alpha value is -0.340. The molecule has 0 spiro atoms. The van der Waals surface area contributed by atoms with Crippen molar-refractivity contribution >= 4 is 0 Å². The van der Waals surface area contributed by atoms with Crippen molar-refractivity contribution in [1.29, 1.82) is 0 Å². The van der Waals surface area contributed by atoms with Gasteiger partial charge in [-0.05, 0) is 26.2 Å². The minimum atomic E-state index is 0.338. The fourth-order valence-corrected chi connectivity index (χ4v) is 1.03. The molecule has 1 atom stereocenters. The van der Waals surface area contributed by atoms with E-state index < -0.39 is 0 Å². The number of hydrogen-bond acceptors (Lipinski definition) is 2. The van der Waals surface area contributed by atoms with E-state index in [1.807, 2.05) is 6.08 Å². The van der Waals surface area contributed by atoms with Crippen LogP contribution in [0.1, 0.15) is 26.2 Å². The second-order valence-electron chi connectivity index (χ2n) is 3.44. The zero-order valence-corrected chi connectivity index (χ0v) is 7.88. The quantitative estimate of drug-likeness (QED) is 0.463. The lowest BCUT2D eigenvalue weighted by atomic mass is 10.4. The van der Waals surface area contributed by atoms with Crippen LogP contribution in [0.2, 0.25) is 0 Å². The van der Waals surface area contributed by atoms with Crippen LogP contribution in [0.25, 0.3) is 0 Å². The van der Waals surface area contributed by atoms with Crippen LogP contribution in [0, 0.1) is 0 Å². The predicted octanol–water partition coefficient (Wildman–Crippen LogP) is 1.72. The van der Waals surface area contributed by atoms with Crippen molar-refractivity contribution in [3.63, 3.8) is 0 Å². The molecule has 0 aliphatic heterocycles. The van der Waals surface area contributed by atoms with E-state index in [1.54, 1.807) is 0 Å². The molecule has 1 rings (SSSR count). The summed E-state index contributed by atoms with van der Waals surface area (Å²) in [4.78, 5) is 0. The number of rotatable bonds is 7. The van der Waals surface area contributed by atoms with Crippen molar-refractivity contribution in [2.45, 2.75) is 38.3 Å². The first-order valence-corrected chi connectivity index (χ1v) is 4.79. The van der Waals surface area contributed by atoms with E-state index in [2.05, 4.69) is 18.8 Å². The van der Waals surface area contributed by atoms with Gasteiger partial charge in [0.1, 0.15) is 0 Å². The third-order valence-corrected chi connectivity index (χ3v) is 2.00. The van der Waals surface area contributed by atoms with Crippen molar-refractivity contribution < 1.29 is 4.74 Å². The highest BCUT2D eigenvalue weighted by Crippen LogP contribution is 2.18. The molecule has 0 saturated heterocycles. The van der Waals surface area contributed by atoms with Gasteiger partial charge in [-0.25, -0.2) is 0 Å². The first-order valence-electron chi connectivity index (χ1n) is 4.79. The summed E-state index contributed by atoms with van der Waals surface area (Å²) in [6.07, 6.45) is 5.87. The standard InChI is InChI=1S/C10H19NO/c1-3-4-7-12-9(2)8-11-10-5-6-10/h3,9-11H,1,4-8H2,2H3. The van der Waals surface area contributed by atoms with E-state index in [9.17, 15) is 0 Å². The third-order valence-electron chi connectivity index (χ3n) is 2.00. The van der Waals surface area contributed by atoms with Gasteiger partial charge < -0.3 is 10.1 Å². The van der Waals surface area contributed by atoms with Crippen LogP contribution in [-0.2, 0) is 4.74 Å². The largest absolute Gasteiger partial charge is 0.377 e. The first kappa shape index (κ1) is 9.75. The van der Waals surface area contributed by atoms with Crippen molar-refractivity contribution in [2.75, 3.05) is 13.2 Å². The molecule has 0 heterocycles. The zero-order valence-electron chi connectivity index (χ0n) is 7.88. The van der Waals surface area contributed by atoms with Gasteiger partial charge in [0.25, 0.3) is 0 Å². The van der Waals surface area contributed by atoms with Gasteiger partial charge in [-0.15, -0.1) is 6.58 Å². The number of hydrogen-bond donors (Lipinski definition) is 1. The van der Waals surface area contributed by atoms with Gasteiger partial charge in [-0.1, -0.05) is 6.08 Å². The maximum Gasteiger partial charge on any atom is 0.0671 e. The summed E-state index contributed by atoms with van der Waals surface area (Å²) in [5.41, 5.74) is 0. The van der Waals surface area contributed by atoms with Crippen LogP contribution in [0.3, 0.4) is 0 Å². The Kier molecular flexibility index (Phi) is 4.33. The Labute approximate surface area is 75.0 Å². The molecule has 0 radical (unpaired) electrons. The topological polar surface area (TPSA) is 21.3 Å². The lowest BCUT2D eigenvalue weighted by Gasteiger charge is -2.12. The summed E-state index contributed by atoms with van der Waals surface area (Å²) in [5.74, 6) is 0. The molecule has 0 aromatic carbocycles. The summed E-state index contributed by atoms with van der Waals surface area (Å²) < 4.78 is 5.53. The SMILES string of the molecule is C=CCCOC(C)CNC1CC1. The van der Waals surface area contributed by atoms with Crippen molar-refractivity contribution in [3.05, 3.63) is 12.7 Å². The van der Waals surface area contributed by atoms with Crippen molar-refractivity contribution in [3.8, 4) is 0 Å². The normalized spacial score (nSPS) is 19.1. The van der Waals surface area contributed by atoms with E-state index in [0.29, 0.717) is 6.10 Å². The smallest absolute Gasteiger partial charge is 0.0671 e. The van der Waals surface area contributed by atoms with Crippen molar-refractivity contribution in [1.82, 2.24) is 5.32 Å². The Morgan fingerprint density at radius 2 is 2.42 bits per heavy atom. The average Bonchev–Trinajstić information content (AvgIpc) is 2.84. The molecule has 70 valence electrons. The van der Waals surface area contributed by atoms with E-state index in [0.717, 1.165) is 25.6 Å². The van der Waals surface area contributed by atoms with E-state index >= 15 is 0 Å². The molecule has 0 bridgehead atoms. The highest BCUT2D eigenvalue weighted by molar-refractivity contribution is 4.81. The average molecular weight is 169 g/mol. The van der Waals surface area contributed by atoms with Gasteiger partial charge in [0.15, 0.2) is 0 Å². The Balaban J connectivity index is 1.87. The minimum Gasteiger partial charge on any atom is -0.377 e. The molecule has 2 nitrogen and oxygen atoms in total. The second kappa shape index (κ2) is 5.33. The van der Waals surface area contributed by atoms with E-state index in [4.69, 9.17) is 4.74 Å². The molecular formula is C10H19NO. The monoisotopic (exact) mass is 169 g/mol. The fourth-order valence-electron chi connectivity index (χ4n) is 1.03. The summed E-state index contributed by atoms with van der Waals surface area (Å²) in [5, 5.41) is 3.43. The molecule has 1 aliphatic carbocycles. The summed E-state index contributed by atoms with van der Waals surface area (Å²) in [6, 6.07) is 0.787. The van der Waals surface area contributed by atoms with Gasteiger partial charge in [-0.3, -0.25) is 0 Å². The van der Waals surface area contributed by atoms with Gasteiger partial charge in [0.05, 0.1) is 12.7 Å². The predicted molar refractivity (Wildman–Crippen MR) is 51.3 cm³/mol. The van der Waals surface area contributed by atoms with Crippen molar-refractivity contribution in [2.24, 2.45) is 0 Å². The van der Waals surface area contributed by atoms with Crippen LogP contribution >= 0.6 is 0 Å². The Bertz CT molecular complexity index is 132. The molecule has 0 aromatic heterocycles. The molecule has 1 fully saturated rings.